The maximum atomic E-state index is 13.4. The van der Waals surface area contributed by atoms with E-state index in [0.717, 1.165) is 16.7 Å². The summed E-state index contributed by atoms with van der Waals surface area (Å²) in [6, 6.07) is 9.62. The third-order valence-electron chi connectivity index (χ3n) is 5.61. The van der Waals surface area contributed by atoms with Gasteiger partial charge in [0.25, 0.3) is 0 Å². The number of carboxylic acid groups (broad SMARTS) is 1. The fourth-order valence-electron chi connectivity index (χ4n) is 4.25. The molecule has 1 fully saturated rings. The molecule has 3 atom stereocenters. The number of aromatic carboxylic acids is 1. The highest BCUT2D eigenvalue weighted by Gasteiger charge is 2.58. The molecule has 31 heavy (non-hydrogen) atoms. The van der Waals surface area contributed by atoms with Crippen molar-refractivity contribution in [3.8, 4) is 11.5 Å². The van der Waals surface area contributed by atoms with Crippen molar-refractivity contribution >= 4 is 41.2 Å². The number of carboxylic acids is 1. The maximum Gasteiger partial charge on any atom is 0.342 e. The van der Waals surface area contributed by atoms with Crippen LogP contribution in [0.1, 0.15) is 21.8 Å². The second-order valence-electron chi connectivity index (χ2n) is 7.30. The van der Waals surface area contributed by atoms with Crippen LogP contribution in [0, 0.1) is 5.92 Å². The monoisotopic (exact) mass is 438 g/mol. The molecule has 0 radical (unpaired) electrons. The van der Waals surface area contributed by atoms with Crippen molar-refractivity contribution in [1.29, 1.82) is 0 Å². The number of aromatic hydroxyl groups is 1. The lowest BCUT2D eigenvalue weighted by molar-refractivity contribution is -0.131. The number of carbonyl (C=O) groups excluding carboxylic acids is 3. The molecule has 0 spiro atoms. The molecule has 0 unspecified atom stereocenters. The molecule has 1 saturated heterocycles. The van der Waals surface area contributed by atoms with Crippen molar-refractivity contribution < 1.29 is 34.1 Å². The largest absolute Gasteiger partial charge is 0.508 e. The quantitative estimate of drug-likeness (QED) is 0.361. The lowest BCUT2D eigenvalue weighted by Gasteiger charge is -2.36. The number of hydrogen-bond donors (Lipinski definition) is 3. The van der Waals surface area contributed by atoms with Crippen LogP contribution in [0.25, 0.3) is 0 Å². The summed E-state index contributed by atoms with van der Waals surface area (Å²) < 4.78 is 5.29. The lowest BCUT2D eigenvalue weighted by atomic mass is 9.77. The summed E-state index contributed by atoms with van der Waals surface area (Å²) in [4.78, 5) is 51.3. The normalized spacial score (nSPS) is 24.5. The standard InChI is InChI=1S/C21H14N2O7S/c22-17-15-13(11-6-5-10(24)7-12(11)30-21(15)29)14-16(31-17)19(26)23(18(14)25)9-3-1-8(2-4-9)20(27)28/h1-7,13-14,16,24H,22H2,(H,27,28)/t13-,14-,16-/m0/s1. The summed E-state index contributed by atoms with van der Waals surface area (Å²) in [5.74, 6) is -4.57. The van der Waals surface area contributed by atoms with Crippen LogP contribution in [-0.2, 0) is 14.4 Å². The van der Waals surface area contributed by atoms with Crippen LogP contribution in [0.2, 0.25) is 0 Å². The van der Waals surface area contributed by atoms with E-state index >= 15 is 0 Å². The highest BCUT2D eigenvalue weighted by Crippen LogP contribution is 2.54. The lowest BCUT2D eigenvalue weighted by Crippen LogP contribution is -2.39. The molecular formula is C21H14N2O7S. The topological polar surface area (TPSA) is 147 Å². The molecule has 3 aliphatic heterocycles. The zero-order chi connectivity index (χ0) is 22.0. The van der Waals surface area contributed by atoms with E-state index in [0.29, 0.717) is 5.56 Å². The number of anilines is 1. The molecule has 0 aromatic heterocycles. The molecule has 3 heterocycles. The fraction of sp³-hybridized carbons (Fsp3) is 0.143. The number of hydrogen-bond acceptors (Lipinski definition) is 8. The fourth-order valence-corrected chi connectivity index (χ4v) is 5.49. The Balaban J connectivity index is 1.61. The van der Waals surface area contributed by atoms with Crippen molar-refractivity contribution in [3.05, 3.63) is 64.2 Å². The molecule has 2 amide bonds. The highest BCUT2D eigenvalue weighted by molar-refractivity contribution is 8.04. The van der Waals surface area contributed by atoms with Gasteiger partial charge in [0.2, 0.25) is 11.8 Å². The molecule has 2 aromatic rings. The summed E-state index contributed by atoms with van der Waals surface area (Å²) in [5, 5.41) is 18.1. The van der Waals surface area contributed by atoms with Gasteiger partial charge in [-0.15, -0.1) is 0 Å². The van der Waals surface area contributed by atoms with E-state index in [1.165, 1.54) is 36.4 Å². The van der Waals surface area contributed by atoms with Gasteiger partial charge in [-0.2, -0.15) is 0 Å². The van der Waals surface area contributed by atoms with E-state index in [1.54, 1.807) is 6.07 Å². The first kappa shape index (κ1) is 19.2. The Labute approximate surface area is 179 Å². The molecular weight excluding hydrogens is 424 g/mol. The number of carbonyl (C=O) groups is 4. The Kier molecular flexibility index (Phi) is 4.09. The first-order valence-electron chi connectivity index (χ1n) is 9.20. The molecule has 10 heteroatoms. The van der Waals surface area contributed by atoms with Gasteiger partial charge in [-0.1, -0.05) is 17.8 Å². The van der Waals surface area contributed by atoms with E-state index in [-0.39, 0.29) is 33.4 Å². The molecule has 0 bridgehead atoms. The van der Waals surface area contributed by atoms with Gasteiger partial charge in [0.05, 0.1) is 27.8 Å². The van der Waals surface area contributed by atoms with E-state index in [9.17, 15) is 24.3 Å². The average molecular weight is 438 g/mol. The predicted octanol–water partition coefficient (Wildman–Crippen LogP) is 1.57. The van der Waals surface area contributed by atoms with Crippen molar-refractivity contribution in [2.75, 3.05) is 4.90 Å². The minimum atomic E-state index is -1.13. The number of phenols is 1. The molecule has 4 N–H and O–H groups in total. The Morgan fingerprint density at radius 2 is 1.77 bits per heavy atom. The number of fused-ring (bicyclic) bond motifs is 5. The molecule has 0 saturated carbocycles. The summed E-state index contributed by atoms with van der Waals surface area (Å²) >= 11 is 0.944. The van der Waals surface area contributed by atoms with Crippen LogP contribution < -0.4 is 15.4 Å². The van der Waals surface area contributed by atoms with Crippen LogP contribution in [0.3, 0.4) is 0 Å². The Morgan fingerprint density at radius 1 is 1.06 bits per heavy atom. The number of amides is 2. The number of nitrogens with zero attached hydrogens (tertiary/aromatic N) is 1. The maximum absolute atomic E-state index is 13.4. The highest BCUT2D eigenvalue weighted by atomic mass is 32.2. The van der Waals surface area contributed by atoms with Crippen molar-refractivity contribution in [2.45, 2.75) is 11.2 Å². The van der Waals surface area contributed by atoms with Gasteiger partial charge >= 0.3 is 11.9 Å². The molecule has 3 aliphatic rings. The van der Waals surface area contributed by atoms with E-state index in [2.05, 4.69) is 0 Å². The molecule has 156 valence electrons. The summed E-state index contributed by atoms with van der Waals surface area (Å²) in [6.45, 7) is 0. The molecule has 9 nitrogen and oxygen atoms in total. The van der Waals surface area contributed by atoms with Crippen molar-refractivity contribution in [2.24, 2.45) is 11.7 Å². The number of nitrogens with two attached hydrogens (primary N) is 1. The van der Waals surface area contributed by atoms with Gasteiger partial charge in [-0.3, -0.25) is 9.59 Å². The van der Waals surface area contributed by atoms with Gasteiger partial charge in [-0.25, -0.2) is 14.5 Å². The van der Waals surface area contributed by atoms with Crippen LogP contribution in [0.15, 0.2) is 53.1 Å². The summed E-state index contributed by atoms with van der Waals surface area (Å²) in [5.41, 5.74) is 6.97. The second-order valence-corrected chi connectivity index (χ2v) is 8.48. The Morgan fingerprint density at radius 3 is 2.45 bits per heavy atom. The number of benzene rings is 2. The van der Waals surface area contributed by atoms with Crippen LogP contribution >= 0.6 is 11.8 Å². The van der Waals surface area contributed by atoms with Crippen LogP contribution in [-0.4, -0.2) is 39.2 Å². The third kappa shape index (κ3) is 2.72. The predicted molar refractivity (Wildman–Crippen MR) is 108 cm³/mol. The van der Waals surface area contributed by atoms with Gasteiger partial charge in [0.1, 0.15) is 16.7 Å². The second kappa shape index (κ2) is 6.61. The molecule has 0 aliphatic carbocycles. The number of phenolic OH excluding ortho intramolecular Hbond substituents is 1. The van der Waals surface area contributed by atoms with E-state index in [1.807, 2.05) is 0 Å². The van der Waals surface area contributed by atoms with Gasteiger partial charge in [-0.05, 0) is 30.3 Å². The average Bonchev–Trinajstić information content (AvgIpc) is 2.97. The summed E-state index contributed by atoms with van der Waals surface area (Å²) in [7, 11) is 0. The van der Waals surface area contributed by atoms with Crippen molar-refractivity contribution in [3.63, 3.8) is 0 Å². The smallest absolute Gasteiger partial charge is 0.342 e. The third-order valence-corrected chi connectivity index (χ3v) is 6.83. The zero-order valence-corrected chi connectivity index (χ0v) is 16.5. The van der Waals surface area contributed by atoms with Gasteiger partial charge < -0.3 is 20.7 Å². The number of imide groups is 1. The first-order valence-corrected chi connectivity index (χ1v) is 10.1. The Bertz CT molecular complexity index is 1220. The summed E-state index contributed by atoms with van der Waals surface area (Å²) in [6.07, 6.45) is 0. The number of ether oxygens (including phenoxy) is 1. The number of rotatable bonds is 2. The molecule has 2 aromatic carbocycles. The van der Waals surface area contributed by atoms with Crippen LogP contribution in [0.4, 0.5) is 5.69 Å². The SMILES string of the molecule is NC1=C2C(=O)Oc3cc(O)ccc3[C@H]2[C@@H]2C(=O)N(c3ccc(C(=O)O)cc3)C(=O)[C@H]2S1. The number of thioether (sulfide) groups is 1. The zero-order valence-electron chi connectivity index (χ0n) is 15.6. The van der Waals surface area contributed by atoms with E-state index < -0.39 is 40.8 Å². The van der Waals surface area contributed by atoms with Crippen molar-refractivity contribution in [1.82, 2.24) is 0 Å². The van der Waals surface area contributed by atoms with Crippen LogP contribution in [0.5, 0.6) is 11.5 Å². The Hall–Kier alpha value is -3.79. The number of esters is 1. The van der Waals surface area contributed by atoms with Gasteiger partial charge in [0, 0.05) is 17.5 Å². The molecule has 5 rings (SSSR count). The first-order chi connectivity index (χ1) is 14.8. The van der Waals surface area contributed by atoms with E-state index in [4.69, 9.17) is 15.6 Å². The minimum absolute atomic E-state index is 0.0200. The minimum Gasteiger partial charge on any atom is -0.508 e. The van der Waals surface area contributed by atoms with Gasteiger partial charge in [0.15, 0.2) is 0 Å².